The van der Waals surface area contributed by atoms with Crippen LogP contribution in [-0.2, 0) is 43.2 Å². The Kier molecular flexibility index (Phi) is 10.6. The Morgan fingerprint density at radius 3 is 2.26 bits per heavy atom. The van der Waals surface area contributed by atoms with Gasteiger partial charge in [0.2, 0.25) is 5.95 Å². The average molecular weight is 784 g/mol. The van der Waals surface area contributed by atoms with Crippen molar-refractivity contribution in [2.45, 2.75) is 58.3 Å². The molecule has 3 aromatic heterocycles. The van der Waals surface area contributed by atoms with Crippen LogP contribution >= 0.6 is 0 Å². The lowest BCUT2D eigenvalue weighted by Gasteiger charge is -2.27. The minimum atomic E-state index is -4.59. The summed E-state index contributed by atoms with van der Waals surface area (Å²) in [7, 11) is 4.62. The van der Waals surface area contributed by atoms with E-state index in [0.717, 1.165) is 34.9 Å². The van der Waals surface area contributed by atoms with Gasteiger partial charge in [-0.3, -0.25) is 19.1 Å². The van der Waals surface area contributed by atoms with E-state index in [1.54, 1.807) is 60.4 Å². The molecule has 0 bridgehead atoms. The molecule has 0 amide bonds. The summed E-state index contributed by atoms with van der Waals surface area (Å²) in [4.78, 5) is 38.1. The van der Waals surface area contributed by atoms with Crippen LogP contribution in [0.3, 0.4) is 0 Å². The lowest BCUT2D eigenvalue weighted by atomic mass is 9.96. The molecule has 1 atom stereocenters. The second-order valence-electron chi connectivity index (χ2n) is 14.1. The van der Waals surface area contributed by atoms with Gasteiger partial charge in [0.15, 0.2) is 11.6 Å². The standard InChI is InChI=1S/C42H41F4N7O4/c1-6-24-12-10-13-25(7-2)35(24)53-36(31-23-51(17-16-33(31)49-53)41-47-21-27(22-48-41)42(44,45)46)30-20-32(43)38(57-5)37-29(30)15-18-52(37)39(54)28-14-9-8-11-26(28)19-34(40(55)56)50(3)4/h8-15,18,20-22,34H,6-7,16-17,19,23H2,1-5H3,(H,55,56). The highest BCUT2D eigenvalue weighted by Gasteiger charge is 2.34. The molecule has 57 heavy (non-hydrogen) atoms. The highest BCUT2D eigenvalue weighted by atomic mass is 19.4. The molecule has 0 spiro atoms. The second kappa shape index (κ2) is 15.4. The number of halogens is 4. The molecule has 11 nitrogen and oxygen atoms in total. The molecule has 15 heteroatoms. The molecule has 0 saturated carbocycles. The van der Waals surface area contributed by atoms with Gasteiger partial charge in [0.05, 0.1) is 29.7 Å². The van der Waals surface area contributed by atoms with Crippen LogP contribution in [0.2, 0.25) is 0 Å². The maximum Gasteiger partial charge on any atom is 0.419 e. The number of anilines is 1. The first-order valence-electron chi connectivity index (χ1n) is 18.5. The van der Waals surface area contributed by atoms with Crippen LogP contribution in [0.25, 0.3) is 27.8 Å². The number of hydrogen-bond donors (Lipinski definition) is 1. The van der Waals surface area contributed by atoms with Gasteiger partial charge in [0.1, 0.15) is 11.6 Å². The Balaban J connectivity index is 1.44. The number of fused-ring (bicyclic) bond motifs is 2. The minimum absolute atomic E-state index is 0.0429. The summed E-state index contributed by atoms with van der Waals surface area (Å²) in [5, 5.41) is 15.5. The van der Waals surface area contributed by atoms with Crippen LogP contribution in [-0.4, -0.2) is 80.0 Å². The van der Waals surface area contributed by atoms with Crippen molar-refractivity contribution in [1.29, 1.82) is 0 Å². The van der Waals surface area contributed by atoms with Crippen LogP contribution in [0.1, 0.15) is 57.7 Å². The van der Waals surface area contributed by atoms with Crippen molar-refractivity contribution in [2.75, 3.05) is 32.6 Å². The predicted molar refractivity (Wildman–Crippen MR) is 207 cm³/mol. The number of carbonyl (C=O) groups excluding carboxylic acids is 1. The van der Waals surface area contributed by atoms with Crippen molar-refractivity contribution in [3.05, 3.63) is 118 Å². The summed E-state index contributed by atoms with van der Waals surface area (Å²) in [6.07, 6.45) is 0.258. The van der Waals surface area contributed by atoms with Crippen molar-refractivity contribution in [3.63, 3.8) is 0 Å². The van der Waals surface area contributed by atoms with E-state index in [-0.39, 0.29) is 35.7 Å². The fourth-order valence-electron chi connectivity index (χ4n) is 7.66. The number of aliphatic carboxylic acids is 1. The number of para-hydroxylation sites is 1. The molecule has 0 saturated heterocycles. The Hall–Kier alpha value is -6.09. The number of carboxylic acids is 1. The van der Waals surface area contributed by atoms with E-state index >= 15 is 4.39 Å². The number of ether oxygens (including phenoxy) is 1. The number of aromatic nitrogens is 5. The molecule has 3 aromatic carbocycles. The number of carbonyl (C=O) groups is 2. The number of rotatable bonds is 11. The van der Waals surface area contributed by atoms with Gasteiger partial charge < -0.3 is 14.7 Å². The second-order valence-corrected chi connectivity index (χ2v) is 14.1. The number of carboxylic acid groups (broad SMARTS) is 1. The van der Waals surface area contributed by atoms with Crippen LogP contribution in [0, 0.1) is 5.82 Å². The predicted octanol–water partition coefficient (Wildman–Crippen LogP) is 7.38. The van der Waals surface area contributed by atoms with Gasteiger partial charge in [-0.25, -0.2) is 19.0 Å². The fourth-order valence-corrected chi connectivity index (χ4v) is 7.66. The molecular weight excluding hydrogens is 742 g/mol. The van der Waals surface area contributed by atoms with Crippen molar-refractivity contribution >= 4 is 28.7 Å². The quantitative estimate of drug-likeness (QED) is 0.134. The van der Waals surface area contributed by atoms with Gasteiger partial charge in [-0.15, -0.1) is 0 Å². The maximum atomic E-state index is 16.6. The van der Waals surface area contributed by atoms with Gasteiger partial charge in [-0.05, 0) is 68.2 Å². The fraction of sp³-hybridized carbons (Fsp3) is 0.310. The molecule has 1 unspecified atom stereocenters. The van der Waals surface area contributed by atoms with Crippen molar-refractivity contribution < 1.29 is 37.0 Å². The maximum absolute atomic E-state index is 16.6. The van der Waals surface area contributed by atoms with Gasteiger partial charge in [0, 0.05) is 60.2 Å². The highest BCUT2D eigenvalue weighted by Crippen LogP contribution is 2.43. The summed E-state index contributed by atoms with van der Waals surface area (Å²) in [6, 6.07) is 14.9. The van der Waals surface area contributed by atoms with Gasteiger partial charge in [-0.1, -0.05) is 50.2 Å². The minimum Gasteiger partial charge on any atom is -0.492 e. The molecule has 7 rings (SSSR count). The first-order valence-corrected chi connectivity index (χ1v) is 18.5. The van der Waals surface area contributed by atoms with Crippen LogP contribution in [0.4, 0.5) is 23.5 Å². The van der Waals surface area contributed by atoms with Crippen molar-refractivity contribution in [2.24, 2.45) is 0 Å². The largest absolute Gasteiger partial charge is 0.492 e. The van der Waals surface area contributed by atoms with E-state index < -0.39 is 35.5 Å². The summed E-state index contributed by atoms with van der Waals surface area (Å²) in [6.45, 7) is 4.61. The van der Waals surface area contributed by atoms with E-state index in [1.165, 1.54) is 17.7 Å². The number of nitrogens with zero attached hydrogens (tertiary/aromatic N) is 7. The topological polar surface area (TPSA) is 119 Å². The Morgan fingerprint density at radius 2 is 1.65 bits per heavy atom. The molecule has 1 aliphatic rings. The van der Waals surface area contributed by atoms with Crippen LogP contribution in [0.5, 0.6) is 5.75 Å². The third kappa shape index (κ3) is 7.11. The van der Waals surface area contributed by atoms with Gasteiger partial charge in [-0.2, -0.15) is 18.3 Å². The van der Waals surface area contributed by atoms with Crippen LogP contribution in [0.15, 0.2) is 73.2 Å². The molecular formula is C42H41F4N7O4. The van der Waals surface area contributed by atoms with E-state index in [9.17, 15) is 27.9 Å². The lowest BCUT2D eigenvalue weighted by molar-refractivity contribution is -0.142. The van der Waals surface area contributed by atoms with Gasteiger partial charge >= 0.3 is 12.1 Å². The number of hydrogen-bond acceptors (Lipinski definition) is 8. The van der Waals surface area contributed by atoms with Crippen molar-refractivity contribution in [1.82, 2.24) is 29.2 Å². The number of likely N-dealkylation sites (N-methyl/N-ethyl adjacent to an activating group) is 1. The molecule has 0 fully saturated rings. The summed E-state index contributed by atoms with van der Waals surface area (Å²) >= 11 is 0. The lowest BCUT2D eigenvalue weighted by Crippen LogP contribution is -2.37. The zero-order chi connectivity index (χ0) is 40.8. The molecule has 1 aliphatic heterocycles. The third-order valence-electron chi connectivity index (χ3n) is 10.6. The van der Waals surface area contributed by atoms with E-state index in [1.807, 2.05) is 36.7 Å². The summed E-state index contributed by atoms with van der Waals surface area (Å²) in [5.41, 5.74) is 5.19. The molecule has 0 aliphatic carbocycles. The van der Waals surface area contributed by atoms with Crippen LogP contribution < -0.4 is 9.64 Å². The highest BCUT2D eigenvalue weighted by molar-refractivity contribution is 6.08. The third-order valence-corrected chi connectivity index (χ3v) is 10.6. The summed E-state index contributed by atoms with van der Waals surface area (Å²) in [5.74, 6) is -2.34. The van der Waals surface area contributed by atoms with E-state index in [0.29, 0.717) is 53.6 Å². The van der Waals surface area contributed by atoms with Crippen molar-refractivity contribution in [3.8, 4) is 22.7 Å². The number of benzene rings is 3. The average Bonchev–Trinajstić information content (AvgIpc) is 3.81. The van der Waals surface area contributed by atoms with E-state index in [4.69, 9.17) is 9.84 Å². The molecule has 0 radical (unpaired) electrons. The monoisotopic (exact) mass is 783 g/mol. The zero-order valence-corrected chi connectivity index (χ0v) is 32.1. The first-order chi connectivity index (χ1) is 27.3. The zero-order valence-electron chi connectivity index (χ0n) is 32.1. The number of aryl methyl sites for hydroxylation is 2. The molecule has 4 heterocycles. The van der Waals surface area contributed by atoms with Gasteiger partial charge in [0.25, 0.3) is 5.91 Å². The molecule has 1 N–H and O–H groups in total. The SMILES string of the molecule is CCc1cccc(CC)c1-n1nc2c(c1-c1cc(F)c(OC)c3c1ccn3C(=O)c1ccccc1CC(C(=O)O)N(C)C)CN(c1ncc(C(F)(F)F)cn1)CC2. The molecule has 296 valence electrons. The summed E-state index contributed by atoms with van der Waals surface area (Å²) < 4.78 is 65.5. The van der Waals surface area contributed by atoms with E-state index in [2.05, 4.69) is 9.97 Å². The number of alkyl halides is 3. The first kappa shape index (κ1) is 39.2. The number of methoxy groups -OCH3 is 1. The normalized spacial score (nSPS) is 13.6. The molecule has 6 aromatic rings. The smallest absolute Gasteiger partial charge is 0.419 e. The Bertz CT molecular complexity index is 2470. The Labute approximate surface area is 326 Å². The Morgan fingerprint density at radius 1 is 0.982 bits per heavy atom.